The minimum Gasteiger partial charge on any atom is -0.305 e. The second kappa shape index (κ2) is 6.59. The average molecular weight is 306 g/mol. The van der Waals surface area contributed by atoms with Crippen molar-refractivity contribution >= 4 is 11.6 Å². The number of benzene rings is 2. The van der Waals surface area contributed by atoms with Gasteiger partial charge in [0, 0.05) is 23.2 Å². The van der Waals surface area contributed by atoms with Gasteiger partial charge in [-0.25, -0.2) is 4.39 Å². The highest BCUT2D eigenvalue weighted by Gasteiger charge is 2.25. The molecular weight excluding hydrogens is 285 g/mol. The first-order chi connectivity index (χ1) is 9.88. The van der Waals surface area contributed by atoms with Gasteiger partial charge in [0.15, 0.2) is 0 Å². The van der Waals surface area contributed by atoms with Crippen molar-refractivity contribution in [1.29, 1.82) is 0 Å². The first-order valence-electron chi connectivity index (χ1n) is 7.10. The second-order valence-electron chi connectivity index (χ2n) is 6.33. The zero-order chi connectivity index (χ0) is 15.5. The van der Waals surface area contributed by atoms with Gasteiger partial charge in [-0.1, -0.05) is 62.7 Å². The molecule has 1 N–H and O–H groups in total. The van der Waals surface area contributed by atoms with Crippen molar-refractivity contribution in [3.63, 3.8) is 0 Å². The van der Waals surface area contributed by atoms with Crippen molar-refractivity contribution < 1.29 is 4.39 Å². The molecule has 0 aliphatic carbocycles. The number of halogens is 2. The summed E-state index contributed by atoms with van der Waals surface area (Å²) in [6.07, 6.45) is 0. The van der Waals surface area contributed by atoms with E-state index in [4.69, 9.17) is 11.6 Å². The van der Waals surface area contributed by atoms with Gasteiger partial charge in [-0.2, -0.15) is 0 Å². The van der Waals surface area contributed by atoms with E-state index in [0.717, 1.165) is 0 Å². The molecule has 2 aromatic carbocycles. The van der Waals surface area contributed by atoms with Crippen molar-refractivity contribution in [2.45, 2.75) is 33.4 Å². The van der Waals surface area contributed by atoms with E-state index in [1.54, 1.807) is 12.1 Å². The Labute approximate surface area is 131 Å². The van der Waals surface area contributed by atoms with Gasteiger partial charge in [-0.05, 0) is 29.2 Å². The lowest BCUT2D eigenvalue weighted by Gasteiger charge is -2.32. The molecule has 2 aromatic rings. The molecule has 112 valence electrons. The summed E-state index contributed by atoms with van der Waals surface area (Å²) in [5.74, 6) is -0.229. The van der Waals surface area contributed by atoms with Crippen molar-refractivity contribution in [3.05, 3.63) is 70.5 Å². The fourth-order valence-electron chi connectivity index (χ4n) is 2.46. The Bertz CT molecular complexity index is 590. The SMILES string of the molecule is CC(C)(C)C(NCc1cc(Cl)ccc1F)c1ccccc1. The summed E-state index contributed by atoms with van der Waals surface area (Å²) < 4.78 is 13.8. The molecule has 0 aliphatic rings. The summed E-state index contributed by atoms with van der Waals surface area (Å²) >= 11 is 5.94. The van der Waals surface area contributed by atoms with E-state index in [9.17, 15) is 4.39 Å². The lowest BCUT2D eigenvalue weighted by molar-refractivity contribution is 0.270. The quantitative estimate of drug-likeness (QED) is 0.802. The molecule has 2 rings (SSSR count). The Hall–Kier alpha value is -1.38. The van der Waals surface area contributed by atoms with Crippen LogP contribution in [0.2, 0.25) is 5.02 Å². The number of hydrogen-bond acceptors (Lipinski definition) is 1. The summed E-state index contributed by atoms with van der Waals surface area (Å²) in [6, 6.07) is 15.0. The van der Waals surface area contributed by atoms with E-state index in [-0.39, 0.29) is 17.3 Å². The third-order valence-electron chi connectivity index (χ3n) is 3.50. The van der Waals surface area contributed by atoms with Crippen molar-refractivity contribution in [2.75, 3.05) is 0 Å². The minimum atomic E-state index is -0.229. The van der Waals surface area contributed by atoms with Crippen molar-refractivity contribution in [3.8, 4) is 0 Å². The predicted molar refractivity (Wildman–Crippen MR) is 86.9 cm³/mol. The zero-order valence-corrected chi connectivity index (χ0v) is 13.4. The summed E-state index contributed by atoms with van der Waals surface area (Å²) in [4.78, 5) is 0. The molecule has 1 atom stereocenters. The van der Waals surface area contributed by atoms with Gasteiger partial charge >= 0.3 is 0 Å². The van der Waals surface area contributed by atoms with Gasteiger partial charge in [-0.15, -0.1) is 0 Å². The third-order valence-corrected chi connectivity index (χ3v) is 3.74. The van der Waals surface area contributed by atoms with E-state index in [1.807, 2.05) is 18.2 Å². The number of nitrogens with one attached hydrogen (secondary N) is 1. The molecule has 0 spiro atoms. The predicted octanol–water partition coefficient (Wildman–Crippen LogP) is 5.36. The van der Waals surface area contributed by atoms with Crippen molar-refractivity contribution in [2.24, 2.45) is 5.41 Å². The Morgan fingerprint density at radius 3 is 2.38 bits per heavy atom. The van der Waals surface area contributed by atoms with Crippen LogP contribution in [0.3, 0.4) is 0 Å². The highest BCUT2D eigenvalue weighted by Crippen LogP contribution is 2.33. The van der Waals surface area contributed by atoms with Crippen LogP contribution < -0.4 is 5.32 Å². The van der Waals surface area contributed by atoms with Crippen molar-refractivity contribution in [1.82, 2.24) is 5.32 Å². The Morgan fingerprint density at radius 2 is 1.76 bits per heavy atom. The van der Waals surface area contributed by atoms with Crippen LogP contribution in [0, 0.1) is 11.2 Å². The van der Waals surface area contributed by atoms with E-state index < -0.39 is 0 Å². The third kappa shape index (κ3) is 4.29. The van der Waals surface area contributed by atoms with Gasteiger partial charge in [0.2, 0.25) is 0 Å². The normalized spacial score (nSPS) is 13.2. The van der Waals surface area contributed by atoms with Crippen LogP contribution in [0.5, 0.6) is 0 Å². The van der Waals surface area contributed by atoms with Crippen LogP contribution in [-0.4, -0.2) is 0 Å². The maximum absolute atomic E-state index is 13.8. The molecule has 0 aliphatic heterocycles. The summed E-state index contributed by atoms with van der Waals surface area (Å²) in [6.45, 7) is 6.97. The first kappa shape index (κ1) is 16.0. The maximum Gasteiger partial charge on any atom is 0.127 e. The molecule has 0 radical (unpaired) electrons. The highest BCUT2D eigenvalue weighted by molar-refractivity contribution is 6.30. The molecule has 21 heavy (non-hydrogen) atoms. The molecule has 0 saturated heterocycles. The van der Waals surface area contributed by atoms with E-state index >= 15 is 0 Å². The topological polar surface area (TPSA) is 12.0 Å². The molecule has 3 heteroatoms. The standard InChI is InChI=1S/C18H21ClFN/c1-18(2,3)17(13-7-5-4-6-8-13)21-12-14-11-15(19)9-10-16(14)20/h4-11,17,21H,12H2,1-3H3. The van der Waals surface area contributed by atoms with Crippen LogP contribution in [0.4, 0.5) is 4.39 Å². The van der Waals surface area contributed by atoms with Crippen LogP contribution >= 0.6 is 11.6 Å². The van der Waals surface area contributed by atoms with Crippen LogP contribution in [-0.2, 0) is 6.54 Å². The van der Waals surface area contributed by atoms with Crippen LogP contribution in [0.15, 0.2) is 48.5 Å². The smallest absolute Gasteiger partial charge is 0.127 e. The maximum atomic E-state index is 13.8. The molecule has 0 fully saturated rings. The van der Waals surface area contributed by atoms with E-state index in [2.05, 4.69) is 38.2 Å². The Morgan fingerprint density at radius 1 is 1.10 bits per heavy atom. The van der Waals surface area contributed by atoms with Gasteiger partial charge < -0.3 is 5.32 Å². The molecule has 0 bridgehead atoms. The average Bonchev–Trinajstić information content (AvgIpc) is 2.42. The monoisotopic (exact) mass is 305 g/mol. The Balaban J connectivity index is 2.19. The zero-order valence-electron chi connectivity index (χ0n) is 12.7. The van der Waals surface area contributed by atoms with E-state index in [1.165, 1.54) is 11.6 Å². The lowest BCUT2D eigenvalue weighted by atomic mass is 9.82. The number of rotatable bonds is 4. The second-order valence-corrected chi connectivity index (χ2v) is 6.76. The molecule has 1 unspecified atom stereocenters. The van der Waals surface area contributed by atoms with E-state index in [0.29, 0.717) is 17.1 Å². The van der Waals surface area contributed by atoms with Gasteiger partial charge in [0.1, 0.15) is 5.82 Å². The lowest BCUT2D eigenvalue weighted by Crippen LogP contribution is -2.32. The first-order valence-corrected chi connectivity index (χ1v) is 7.48. The molecule has 0 aromatic heterocycles. The highest BCUT2D eigenvalue weighted by atomic mass is 35.5. The van der Waals surface area contributed by atoms with Gasteiger partial charge in [0.25, 0.3) is 0 Å². The fraction of sp³-hybridized carbons (Fsp3) is 0.333. The largest absolute Gasteiger partial charge is 0.305 e. The summed E-state index contributed by atoms with van der Waals surface area (Å²) in [5, 5.41) is 4.02. The van der Waals surface area contributed by atoms with Crippen LogP contribution in [0.1, 0.15) is 37.9 Å². The molecule has 0 heterocycles. The number of hydrogen-bond donors (Lipinski definition) is 1. The van der Waals surface area contributed by atoms with Gasteiger partial charge in [-0.3, -0.25) is 0 Å². The van der Waals surface area contributed by atoms with Gasteiger partial charge in [0.05, 0.1) is 0 Å². The molecular formula is C18H21ClFN. The Kier molecular flexibility index (Phi) is 5.02. The molecule has 0 saturated carbocycles. The summed E-state index contributed by atoms with van der Waals surface area (Å²) in [7, 11) is 0. The molecule has 1 nitrogen and oxygen atoms in total. The van der Waals surface area contributed by atoms with Crippen LogP contribution in [0.25, 0.3) is 0 Å². The minimum absolute atomic E-state index is 0.0242. The summed E-state index contributed by atoms with van der Waals surface area (Å²) in [5.41, 5.74) is 1.82. The fourth-order valence-corrected chi connectivity index (χ4v) is 2.66. The molecule has 0 amide bonds.